The monoisotopic (exact) mass is 329 g/mol. The zero-order valence-electron chi connectivity index (χ0n) is 13.0. The number of amides is 3. The molecular weight excluding hydrogens is 310 g/mol. The highest BCUT2D eigenvalue weighted by atomic mass is 32.1. The molecule has 1 aliphatic heterocycles. The van der Waals surface area contributed by atoms with Crippen LogP contribution >= 0.6 is 11.3 Å². The highest BCUT2D eigenvalue weighted by molar-refractivity contribution is 7.14. The first-order valence-electron chi connectivity index (χ1n) is 7.67. The van der Waals surface area contributed by atoms with E-state index in [2.05, 4.69) is 10.6 Å². The SMILES string of the molecule is CCC(=O)N1CCc2ccc(NC(=O)Nc3cccs3)cc2C1. The molecule has 2 aromatic rings. The first-order valence-corrected chi connectivity index (χ1v) is 8.54. The minimum atomic E-state index is -0.260. The Balaban J connectivity index is 1.68. The lowest BCUT2D eigenvalue weighted by Crippen LogP contribution is -2.35. The summed E-state index contributed by atoms with van der Waals surface area (Å²) in [6.45, 7) is 3.26. The second kappa shape index (κ2) is 6.83. The van der Waals surface area contributed by atoms with Gasteiger partial charge in [-0.05, 0) is 47.2 Å². The Bertz CT molecular complexity index is 713. The lowest BCUT2D eigenvalue weighted by Gasteiger charge is -2.29. The number of rotatable bonds is 3. The smallest absolute Gasteiger partial charge is 0.324 e. The van der Waals surface area contributed by atoms with Crippen LogP contribution in [0.2, 0.25) is 0 Å². The summed E-state index contributed by atoms with van der Waals surface area (Å²) < 4.78 is 0. The summed E-state index contributed by atoms with van der Waals surface area (Å²) in [5.41, 5.74) is 3.09. The van der Waals surface area contributed by atoms with Gasteiger partial charge in [0.15, 0.2) is 0 Å². The van der Waals surface area contributed by atoms with Crippen molar-refractivity contribution in [3.05, 3.63) is 46.8 Å². The van der Waals surface area contributed by atoms with Gasteiger partial charge < -0.3 is 10.2 Å². The Morgan fingerprint density at radius 1 is 1.22 bits per heavy atom. The second-order valence-electron chi connectivity index (χ2n) is 5.46. The predicted octanol–water partition coefficient (Wildman–Crippen LogP) is 3.69. The number of carbonyl (C=O) groups is 2. The summed E-state index contributed by atoms with van der Waals surface area (Å²) in [7, 11) is 0. The number of benzene rings is 1. The summed E-state index contributed by atoms with van der Waals surface area (Å²) in [5.74, 6) is 0.171. The van der Waals surface area contributed by atoms with Gasteiger partial charge in [0.05, 0.1) is 5.00 Å². The van der Waals surface area contributed by atoms with Crippen LogP contribution in [0.15, 0.2) is 35.7 Å². The Morgan fingerprint density at radius 2 is 2.09 bits per heavy atom. The van der Waals surface area contributed by atoms with Crippen molar-refractivity contribution in [3.8, 4) is 0 Å². The lowest BCUT2D eigenvalue weighted by molar-refractivity contribution is -0.131. The summed E-state index contributed by atoms with van der Waals surface area (Å²) >= 11 is 1.47. The fraction of sp³-hybridized carbons (Fsp3) is 0.294. The average Bonchev–Trinajstić information content (AvgIpc) is 3.06. The molecule has 0 aliphatic carbocycles. The van der Waals surface area contributed by atoms with Crippen LogP contribution in [0.5, 0.6) is 0 Å². The van der Waals surface area contributed by atoms with Gasteiger partial charge in [0.1, 0.15) is 0 Å². The van der Waals surface area contributed by atoms with Gasteiger partial charge in [-0.3, -0.25) is 10.1 Å². The lowest BCUT2D eigenvalue weighted by atomic mass is 9.99. The van der Waals surface area contributed by atoms with Gasteiger partial charge in [-0.2, -0.15) is 0 Å². The Morgan fingerprint density at radius 3 is 2.83 bits per heavy atom. The minimum absolute atomic E-state index is 0.171. The fourth-order valence-corrected chi connectivity index (χ4v) is 3.31. The highest BCUT2D eigenvalue weighted by Gasteiger charge is 2.19. The minimum Gasteiger partial charge on any atom is -0.338 e. The number of fused-ring (bicyclic) bond motifs is 1. The predicted molar refractivity (Wildman–Crippen MR) is 92.8 cm³/mol. The highest BCUT2D eigenvalue weighted by Crippen LogP contribution is 2.23. The van der Waals surface area contributed by atoms with Crippen molar-refractivity contribution in [2.45, 2.75) is 26.3 Å². The molecule has 0 bridgehead atoms. The standard InChI is InChI=1S/C17H19N3O2S/c1-2-16(21)20-8-7-12-5-6-14(10-13(12)11-20)18-17(22)19-15-4-3-9-23-15/h3-6,9-10H,2,7-8,11H2,1H3,(H2,18,19,22). The number of carbonyl (C=O) groups excluding carboxylic acids is 2. The van der Waals surface area contributed by atoms with E-state index in [9.17, 15) is 9.59 Å². The first kappa shape index (κ1) is 15.6. The molecule has 120 valence electrons. The van der Waals surface area contributed by atoms with Crippen LogP contribution in [0.1, 0.15) is 24.5 Å². The van der Waals surface area contributed by atoms with E-state index in [-0.39, 0.29) is 11.9 Å². The zero-order chi connectivity index (χ0) is 16.2. The van der Waals surface area contributed by atoms with Gasteiger partial charge in [0.25, 0.3) is 0 Å². The number of hydrogen-bond donors (Lipinski definition) is 2. The van der Waals surface area contributed by atoms with Crippen LogP contribution in [0.4, 0.5) is 15.5 Å². The molecule has 0 radical (unpaired) electrons. The van der Waals surface area contributed by atoms with Gasteiger partial charge in [-0.15, -0.1) is 11.3 Å². The first-order chi connectivity index (χ1) is 11.2. The van der Waals surface area contributed by atoms with E-state index in [1.165, 1.54) is 16.9 Å². The molecule has 0 atom stereocenters. The molecule has 0 spiro atoms. The van der Waals surface area contributed by atoms with Gasteiger partial charge in [-0.1, -0.05) is 13.0 Å². The number of nitrogens with one attached hydrogen (secondary N) is 2. The van der Waals surface area contributed by atoms with E-state index in [0.29, 0.717) is 13.0 Å². The number of hydrogen-bond acceptors (Lipinski definition) is 3. The normalized spacial score (nSPS) is 13.3. The third-order valence-electron chi connectivity index (χ3n) is 3.89. The molecular formula is C17H19N3O2S. The third-order valence-corrected chi connectivity index (χ3v) is 4.67. The molecule has 0 saturated heterocycles. The maximum Gasteiger partial charge on any atom is 0.324 e. The van der Waals surface area contributed by atoms with E-state index in [1.54, 1.807) is 0 Å². The molecule has 23 heavy (non-hydrogen) atoms. The molecule has 0 unspecified atom stereocenters. The van der Waals surface area contributed by atoms with Crippen molar-refractivity contribution in [2.75, 3.05) is 17.2 Å². The van der Waals surface area contributed by atoms with Gasteiger partial charge in [0.2, 0.25) is 5.91 Å². The molecule has 3 amide bonds. The maximum absolute atomic E-state index is 12.0. The average molecular weight is 329 g/mol. The molecule has 3 rings (SSSR count). The molecule has 1 aliphatic rings. The Labute approximate surface area is 139 Å². The molecule has 6 heteroatoms. The number of nitrogens with zero attached hydrogens (tertiary/aromatic N) is 1. The summed E-state index contributed by atoms with van der Waals surface area (Å²) in [6, 6.07) is 9.38. The molecule has 0 fully saturated rings. The quantitative estimate of drug-likeness (QED) is 0.902. The van der Waals surface area contributed by atoms with Crippen LogP contribution in [-0.2, 0) is 17.8 Å². The van der Waals surface area contributed by atoms with Gasteiger partial charge >= 0.3 is 6.03 Å². The topological polar surface area (TPSA) is 61.4 Å². The number of thiophene rings is 1. The Hall–Kier alpha value is -2.34. The molecule has 1 aromatic carbocycles. The zero-order valence-corrected chi connectivity index (χ0v) is 13.8. The largest absolute Gasteiger partial charge is 0.338 e. The van der Waals surface area contributed by atoms with E-state index >= 15 is 0 Å². The van der Waals surface area contributed by atoms with E-state index < -0.39 is 0 Å². The number of anilines is 2. The van der Waals surface area contributed by atoms with Crippen LogP contribution < -0.4 is 10.6 Å². The van der Waals surface area contributed by atoms with Gasteiger partial charge in [0, 0.05) is 25.2 Å². The van der Waals surface area contributed by atoms with E-state index in [4.69, 9.17) is 0 Å². The molecule has 0 saturated carbocycles. The van der Waals surface area contributed by atoms with Crippen molar-refractivity contribution in [3.63, 3.8) is 0 Å². The van der Waals surface area contributed by atoms with Crippen LogP contribution in [0.3, 0.4) is 0 Å². The summed E-state index contributed by atoms with van der Waals surface area (Å²) in [5, 5.41) is 8.35. The van der Waals surface area contributed by atoms with Crippen molar-refractivity contribution >= 4 is 34.0 Å². The molecule has 2 N–H and O–H groups in total. The van der Waals surface area contributed by atoms with Crippen molar-refractivity contribution < 1.29 is 9.59 Å². The summed E-state index contributed by atoms with van der Waals surface area (Å²) in [6.07, 6.45) is 1.39. The third kappa shape index (κ3) is 3.71. The van der Waals surface area contributed by atoms with E-state index in [1.807, 2.05) is 47.5 Å². The molecule has 2 heterocycles. The van der Waals surface area contributed by atoms with E-state index in [0.717, 1.165) is 29.2 Å². The Kier molecular flexibility index (Phi) is 4.62. The van der Waals surface area contributed by atoms with Crippen molar-refractivity contribution in [2.24, 2.45) is 0 Å². The van der Waals surface area contributed by atoms with Crippen molar-refractivity contribution in [1.29, 1.82) is 0 Å². The van der Waals surface area contributed by atoms with Gasteiger partial charge in [-0.25, -0.2) is 4.79 Å². The molecule has 5 nitrogen and oxygen atoms in total. The summed E-state index contributed by atoms with van der Waals surface area (Å²) in [4.78, 5) is 25.7. The van der Waals surface area contributed by atoms with Crippen LogP contribution in [0, 0.1) is 0 Å². The van der Waals surface area contributed by atoms with Crippen LogP contribution in [-0.4, -0.2) is 23.4 Å². The second-order valence-corrected chi connectivity index (χ2v) is 6.41. The maximum atomic E-state index is 12.0. The van der Waals surface area contributed by atoms with Crippen molar-refractivity contribution in [1.82, 2.24) is 4.90 Å². The molecule has 1 aromatic heterocycles. The fourth-order valence-electron chi connectivity index (χ4n) is 2.70. The number of urea groups is 1. The van der Waals surface area contributed by atoms with Crippen LogP contribution in [0.25, 0.3) is 0 Å².